The summed E-state index contributed by atoms with van der Waals surface area (Å²) < 4.78 is 1.98. The van der Waals surface area contributed by atoms with Crippen LogP contribution in [0.4, 0.5) is 11.5 Å². The van der Waals surface area contributed by atoms with Crippen molar-refractivity contribution in [3.05, 3.63) is 60.9 Å². The molecule has 0 atom stereocenters. The largest absolute Gasteiger partial charge is 0.367 e. The first-order valence-electron chi connectivity index (χ1n) is 11.5. The first-order valence-corrected chi connectivity index (χ1v) is 11.5. The Bertz CT molecular complexity index is 1310. The maximum Gasteiger partial charge on any atom is 0.256 e. The summed E-state index contributed by atoms with van der Waals surface area (Å²) in [7, 11) is 1.97. The zero-order valence-corrected chi connectivity index (χ0v) is 19.6. The number of aryl methyl sites for hydroxylation is 1. The van der Waals surface area contributed by atoms with E-state index in [1.807, 2.05) is 23.9 Å². The lowest BCUT2D eigenvalue weighted by Crippen LogP contribution is -2.49. The van der Waals surface area contributed by atoms with Crippen LogP contribution < -0.4 is 10.2 Å². The molecule has 0 spiro atoms. The van der Waals surface area contributed by atoms with E-state index in [0.29, 0.717) is 17.4 Å². The molecule has 174 valence electrons. The average molecular weight is 457 g/mol. The highest BCUT2D eigenvalue weighted by Crippen LogP contribution is 2.33. The van der Waals surface area contributed by atoms with Gasteiger partial charge >= 0.3 is 0 Å². The van der Waals surface area contributed by atoms with E-state index < -0.39 is 0 Å². The number of nitrogens with one attached hydrogen (secondary N) is 1. The summed E-state index contributed by atoms with van der Waals surface area (Å²) in [5.74, 6) is 0.219. The van der Waals surface area contributed by atoms with Crippen LogP contribution in [0.15, 0.2) is 55.4 Å². The number of nitrogens with zero attached hydrogens (tertiary/aromatic N) is 7. The van der Waals surface area contributed by atoms with E-state index in [0.717, 1.165) is 54.2 Å². The number of piperazine rings is 1. The van der Waals surface area contributed by atoms with Crippen molar-refractivity contribution < 1.29 is 4.79 Å². The van der Waals surface area contributed by atoms with Gasteiger partial charge in [-0.3, -0.25) is 14.7 Å². The fraction of sp³-hybridized carbons (Fsp3) is 0.320. The topological polar surface area (TPSA) is 92.1 Å². The summed E-state index contributed by atoms with van der Waals surface area (Å²) in [5, 5.41) is 3.78. The van der Waals surface area contributed by atoms with E-state index in [2.05, 4.69) is 50.0 Å². The number of imidazole rings is 1. The maximum atomic E-state index is 12.6. The molecule has 0 radical (unpaired) electrons. The quantitative estimate of drug-likeness (QED) is 0.493. The molecule has 1 aliphatic heterocycles. The minimum atomic E-state index is -0.235. The number of hydrogen-bond acceptors (Lipinski definition) is 7. The highest BCUT2D eigenvalue weighted by molar-refractivity contribution is 6.04. The number of carbonyl (C=O) groups is 1. The smallest absolute Gasteiger partial charge is 0.256 e. The predicted octanol–water partition coefficient (Wildman–Crippen LogP) is 3.21. The Labute approximate surface area is 198 Å². The summed E-state index contributed by atoms with van der Waals surface area (Å²) in [5.41, 5.74) is 4.19. The molecule has 4 aromatic rings. The molecule has 5 heterocycles. The Hall–Kier alpha value is -3.85. The highest BCUT2D eigenvalue weighted by Gasteiger charge is 2.23. The average Bonchev–Trinajstić information content (AvgIpc) is 3.29. The SMILES string of the molecule is CC(C)N1CCN(c2cc3cnc(NC(=O)c4ccncc4)cc3nc2-c2cncn2C)CC1. The van der Waals surface area contributed by atoms with E-state index in [9.17, 15) is 4.79 Å². The van der Waals surface area contributed by atoms with Gasteiger partial charge in [-0.05, 0) is 32.0 Å². The number of anilines is 2. The van der Waals surface area contributed by atoms with Gasteiger partial charge in [-0.25, -0.2) is 15.0 Å². The normalized spacial score (nSPS) is 14.6. The van der Waals surface area contributed by atoms with Gasteiger partial charge < -0.3 is 14.8 Å². The van der Waals surface area contributed by atoms with Crippen molar-refractivity contribution in [3.8, 4) is 11.4 Å². The van der Waals surface area contributed by atoms with Crippen molar-refractivity contribution >= 4 is 28.3 Å². The fourth-order valence-electron chi connectivity index (χ4n) is 4.31. The minimum Gasteiger partial charge on any atom is -0.367 e. The van der Waals surface area contributed by atoms with Gasteiger partial charge in [-0.1, -0.05) is 0 Å². The molecule has 1 saturated heterocycles. The van der Waals surface area contributed by atoms with Crippen LogP contribution in [0.3, 0.4) is 0 Å². The van der Waals surface area contributed by atoms with Crippen LogP contribution in [-0.2, 0) is 7.05 Å². The van der Waals surface area contributed by atoms with Crippen molar-refractivity contribution in [2.24, 2.45) is 7.05 Å². The Morgan fingerprint density at radius 3 is 2.47 bits per heavy atom. The van der Waals surface area contributed by atoms with Gasteiger partial charge in [-0.2, -0.15) is 0 Å². The number of amides is 1. The van der Waals surface area contributed by atoms with Gasteiger partial charge in [0, 0.05) is 74.9 Å². The van der Waals surface area contributed by atoms with Crippen molar-refractivity contribution in [1.29, 1.82) is 0 Å². The minimum absolute atomic E-state index is 0.235. The van der Waals surface area contributed by atoms with Gasteiger partial charge in [0.2, 0.25) is 0 Å². The summed E-state index contributed by atoms with van der Waals surface area (Å²) in [6.45, 7) is 8.38. The molecular weight excluding hydrogens is 428 g/mol. The summed E-state index contributed by atoms with van der Waals surface area (Å²) in [4.78, 5) is 35.2. The number of aromatic nitrogens is 5. The Balaban J connectivity index is 1.51. The van der Waals surface area contributed by atoms with E-state index in [1.54, 1.807) is 37.1 Å². The highest BCUT2D eigenvalue weighted by atomic mass is 16.1. The van der Waals surface area contributed by atoms with Crippen LogP contribution in [0.2, 0.25) is 0 Å². The monoisotopic (exact) mass is 456 g/mol. The standard InChI is InChI=1S/C25H28N8O/c1-17(2)32-8-10-33(11-9-32)21-12-19-14-28-23(30-25(34)18-4-6-26-7-5-18)13-20(19)29-24(21)22-15-27-16-31(22)3/h4-7,12-17H,8-11H2,1-3H3,(H,28,30,34). The molecule has 0 aliphatic carbocycles. The summed E-state index contributed by atoms with van der Waals surface area (Å²) in [6, 6.07) is 7.84. The Kier molecular flexibility index (Phi) is 5.93. The molecule has 1 aliphatic rings. The lowest BCUT2D eigenvalue weighted by atomic mass is 10.1. The zero-order valence-electron chi connectivity index (χ0n) is 19.6. The van der Waals surface area contributed by atoms with Gasteiger partial charge in [-0.15, -0.1) is 0 Å². The third-order valence-electron chi connectivity index (χ3n) is 6.31. The molecule has 0 bridgehead atoms. The third kappa shape index (κ3) is 4.34. The fourth-order valence-corrected chi connectivity index (χ4v) is 4.31. The molecule has 9 heteroatoms. The van der Waals surface area contributed by atoms with Gasteiger partial charge in [0.1, 0.15) is 11.5 Å². The molecular formula is C25H28N8O. The molecule has 0 saturated carbocycles. The number of pyridine rings is 3. The van der Waals surface area contributed by atoms with Gasteiger partial charge in [0.05, 0.1) is 29.4 Å². The number of fused-ring (bicyclic) bond motifs is 1. The molecule has 1 N–H and O–H groups in total. The summed E-state index contributed by atoms with van der Waals surface area (Å²) in [6.07, 6.45) is 8.58. The lowest BCUT2D eigenvalue weighted by Gasteiger charge is -2.38. The molecule has 1 amide bonds. The van der Waals surface area contributed by atoms with E-state index >= 15 is 0 Å². The second-order valence-electron chi connectivity index (χ2n) is 8.81. The Morgan fingerprint density at radius 1 is 1.03 bits per heavy atom. The van der Waals surface area contributed by atoms with E-state index in [4.69, 9.17) is 4.98 Å². The van der Waals surface area contributed by atoms with Crippen molar-refractivity contribution in [2.45, 2.75) is 19.9 Å². The van der Waals surface area contributed by atoms with Crippen LogP contribution in [0.25, 0.3) is 22.3 Å². The van der Waals surface area contributed by atoms with Crippen LogP contribution >= 0.6 is 0 Å². The molecule has 9 nitrogen and oxygen atoms in total. The third-order valence-corrected chi connectivity index (χ3v) is 6.31. The molecule has 5 rings (SSSR count). The molecule has 34 heavy (non-hydrogen) atoms. The maximum absolute atomic E-state index is 12.6. The second kappa shape index (κ2) is 9.18. The molecule has 0 aromatic carbocycles. The molecule has 4 aromatic heterocycles. The molecule has 1 fully saturated rings. The van der Waals surface area contributed by atoms with Crippen molar-refractivity contribution in [1.82, 2.24) is 29.4 Å². The van der Waals surface area contributed by atoms with Crippen LogP contribution in [0.5, 0.6) is 0 Å². The Morgan fingerprint density at radius 2 is 1.79 bits per heavy atom. The first-order chi connectivity index (χ1) is 16.5. The van der Waals surface area contributed by atoms with Crippen molar-refractivity contribution in [3.63, 3.8) is 0 Å². The van der Waals surface area contributed by atoms with E-state index in [-0.39, 0.29) is 5.91 Å². The van der Waals surface area contributed by atoms with E-state index in [1.165, 1.54) is 0 Å². The first kappa shape index (κ1) is 22.0. The number of rotatable bonds is 5. The second-order valence-corrected chi connectivity index (χ2v) is 8.81. The number of carbonyl (C=O) groups excluding carboxylic acids is 1. The lowest BCUT2D eigenvalue weighted by molar-refractivity contribution is 0.102. The van der Waals surface area contributed by atoms with Crippen molar-refractivity contribution in [2.75, 3.05) is 36.4 Å². The van der Waals surface area contributed by atoms with Crippen LogP contribution in [0.1, 0.15) is 24.2 Å². The molecule has 0 unspecified atom stereocenters. The van der Waals surface area contributed by atoms with Crippen LogP contribution in [-0.4, -0.2) is 67.5 Å². The summed E-state index contributed by atoms with van der Waals surface area (Å²) >= 11 is 0. The van der Waals surface area contributed by atoms with Gasteiger partial charge in [0.25, 0.3) is 5.91 Å². The van der Waals surface area contributed by atoms with Gasteiger partial charge in [0.15, 0.2) is 0 Å². The van der Waals surface area contributed by atoms with Crippen LogP contribution in [0, 0.1) is 0 Å². The number of hydrogen-bond donors (Lipinski definition) is 1. The predicted molar refractivity (Wildman–Crippen MR) is 133 cm³/mol. The zero-order chi connectivity index (χ0) is 23.7.